The standard InChI is InChI=1S/C9H9N3O5S2/c10-3-6-4-12(1-2-17-6)19(15,16)9-7(8(13)14)11-5-18-9/h5-6H,1-2,4H2,(H,13,14). The molecule has 0 saturated carbocycles. The summed E-state index contributed by atoms with van der Waals surface area (Å²) in [4.78, 5) is 14.4. The quantitative estimate of drug-likeness (QED) is 0.817. The van der Waals surface area contributed by atoms with Crippen LogP contribution >= 0.6 is 11.3 Å². The third-order valence-corrected chi connectivity index (χ3v) is 5.70. The zero-order valence-electron chi connectivity index (χ0n) is 9.51. The van der Waals surface area contributed by atoms with Crippen molar-refractivity contribution in [2.24, 2.45) is 0 Å². The van der Waals surface area contributed by atoms with Crippen LogP contribution in [0.3, 0.4) is 0 Å². The van der Waals surface area contributed by atoms with Crippen LogP contribution in [0.25, 0.3) is 0 Å². The van der Waals surface area contributed by atoms with Crippen molar-refractivity contribution in [1.29, 1.82) is 5.26 Å². The molecule has 1 fully saturated rings. The lowest BCUT2D eigenvalue weighted by Crippen LogP contribution is -2.45. The van der Waals surface area contributed by atoms with Crippen LogP contribution in [-0.4, -0.2) is 54.6 Å². The maximum absolute atomic E-state index is 12.3. The first-order valence-electron chi connectivity index (χ1n) is 5.15. The summed E-state index contributed by atoms with van der Waals surface area (Å²) in [6, 6.07) is 1.83. The summed E-state index contributed by atoms with van der Waals surface area (Å²) in [5, 5.41) is 17.6. The highest BCUT2D eigenvalue weighted by molar-refractivity contribution is 7.91. The van der Waals surface area contributed by atoms with Crippen molar-refractivity contribution in [2.45, 2.75) is 10.3 Å². The first-order valence-corrected chi connectivity index (χ1v) is 7.47. The number of nitrogens with zero attached hydrogens (tertiary/aromatic N) is 3. The number of nitriles is 1. The van der Waals surface area contributed by atoms with Crippen LogP contribution in [0.4, 0.5) is 0 Å². The van der Waals surface area contributed by atoms with Crippen molar-refractivity contribution in [3.05, 3.63) is 11.2 Å². The summed E-state index contributed by atoms with van der Waals surface area (Å²) in [6.07, 6.45) is -0.843. The van der Waals surface area contributed by atoms with Crippen LogP contribution in [0.2, 0.25) is 0 Å². The van der Waals surface area contributed by atoms with Crippen molar-refractivity contribution in [3.63, 3.8) is 0 Å². The number of sulfonamides is 1. The van der Waals surface area contributed by atoms with Crippen molar-refractivity contribution in [2.75, 3.05) is 19.7 Å². The maximum atomic E-state index is 12.3. The first kappa shape index (κ1) is 13.9. The number of rotatable bonds is 3. The highest BCUT2D eigenvalue weighted by atomic mass is 32.2. The van der Waals surface area contributed by atoms with Gasteiger partial charge in [0.05, 0.1) is 24.7 Å². The lowest BCUT2D eigenvalue weighted by atomic mass is 10.3. The maximum Gasteiger partial charge on any atom is 0.356 e. The summed E-state index contributed by atoms with van der Waals surface area (Å²) in [6.45, 7) is 0.0614. The number of carboxylic acid groups (broad SMARTS) is 1. The molecule has 2 rings (SSSR count). The van der Waals surface area contributed by atoms with Gasteiger partial charge in [0.2, 0.25) is 0 Å². The second-order valence-corrected chi connectivity index (χ2v) is 6.63. The predicted octanol–water partition coefficient (Wildman–Crippen LogP) is -0.246. The Morgan fingerprint density at radius 3 is 3.05 bits per heavy atom. The number of aromatic nitrogens is 1. The van der Waals surface area contributed by atoms with Gasteiger partial charge in [0.1, 0.15) is 0 Å². The first-order chi connectivity index (χ1) is 8.96. The Labute approximate surface area is 112 Å². The summed E-state index contributed by atoms with van der Waals surface area (Å²) < 4.78 is 30.4. The van der Waals surface area contributed by atoms with Gasteiger partial charge in [-0.2, -0.15) is 9.57 Å². The van der Waals surface area contributed by atoms with Gasteiger partial charge in [-0.25, -0.2) is 18.2 Å². The molecule has 2 heterocycles. The fourth-order valence-corrected chi connectivity index (χ4v) is 4.30. The number of carbonyl (C=O) groups is 1. The minimum atomic E-state index is -3.96. The molecule has 1 aromatic heterocycles. The molecule has 0 bridgehead atoms. The zero-order chi connectivity index (χ0) is 14.0. The molecule has 1 unspecified atom stereocenters. The predicted molar refractivity (Wildman–Crippen MR) is 63.2 cm³/mol. The third kappa shape index (κ3) is 2.59. The summed E-state index contributed by atoms with van der Waals surface area (Å²) in [7, 11) is -3.96. The zero-order valence-corrected chi connectivity index (χ0v) is 11.1. The third-order valence-electron chi connectivity index (χ3n) is 2.48. The number of carboxylic acids is 1. The fraction of sp³-hybridized carbons (Fsp3) is 0.444. The van der Waals surface area contributed by atoms with Gasteiger partial charge in [0.25, 0.3) is 10.0 Å². The van der Waals surface area contributed by atoms with Crippen LogP contribution in [0.15, 0.2) is 9.72 Å². The van der Waals surface area contributed by atoms with Crippen molar-refractivity contribution < 1.29 is 23.1 Å². The van der Waals surface area contributed by atoms with Crippen LogP contribution in [0.1, 0.15) is 10.5 Å². The Morgan fingerprint density at radius 1 is 1.68 bits per heavy atom. The van der Waals surface area contributed by atoms with Gasteiger partial charge in [-0.3, -0.25) is 0 Å². The van der Waals surface area contributed by atoms with Crippen LogP contribution in [-0.2, 0) is 14.8 Å². The minimum absolute atomic E-state index is 0.0808. The van der Waals surface area contributed by atoms with Gasteiger partial charge >= 0.3 is 5.97 Å². The van der Waals surface area contributed by atoms with E-state index in [9.17, 15) is 13.2 Å². The molecule has 1 saturated heterocycles. The highest BCUT2D eigenvalue weighted by Crippen LogP contribution is 2.25. The monoisotopic (exact) mass is 303 g/mol. The highest BCUT2D eigenvalue weighted by Gasteiger charge is 2.35. The largest absolute Gasteiger partial charge is 0.476 e. The minimum Gasteiger partial charge on any atom is -0.476 e. The van der Waals surface area contributed by atoms with Crippen LogP contribution in [0.5, 0.6) is 0 Å². The average Bonchev–Trinajstić information content (AvgIpc) is 2.89. The van der Waals surface area contributed by atoms with E-state index in [-0.39, 0.29) is 23.9 Å². The van der Waals surface area contributed by atoms with Gasteiger partial charge in [-0.1, -0.05) is 0 Å². The average molecular weight is 303 g/mol. The molecule has 0 amide bonds. The number of thiazole rings is 1. The molecule has 1 atom stereocenters. The van der Waals surface area contributed by atoms with Crippen LogP contribution < -0.4 is 0 Å². The number of ether oxygens (including phenoxy) is 1. The van der Waals surface area contributed by atoms with E-state index in [0.29, 0.717) is 0 Å². The van der Waals surface area contributed by atoms with E-state index in [2.05, 4.69) is 4.98 Å². The number of hydrogen-bond donors (Lipinski definition) is 1. The molecule has 0 radical (unpaired) electrons. The summed E-state index contributed by atoms with van der Waals surface area (Å²) in [5.74, 6) is -1.40. The Hall–Kier alpha value is -1.54. The molecule has 0 aliphatic carbocycles. The van der Waals surface area contributed by atoms with E-state index >= 15 is 0 Å². The number of morpholine rings is 1. The molecule has 1 aliphatic rings. The van der Waals surface area contributed by atoms with Gasteiger partial charge in [0.15, 0.2) is 16.0 Å². The molecular weight excluding hydrogens is 294 g/mol. The number of aromatic carboxylic acids is 1. The SMILES string of the molecule is N#CC1CN(S(=O)(=O)c2scnc2C(=O)O)CCO1. The molecule has 102 valence electrons. The lowest BCUT2D eigenvalue weighted by molar-refractivity contribution is 0.0312. The number of hydrogen-bond acceptors (Lipinski definition) is 7. The normalized spacial score (nSPS) is 20.9. The van der Waals surface area contributed by atoms with E-state index in [0.717, 1.165) is 15.6 Å². The Bertz CT molecular complexity index is 633. The smallest absolute Gasteiger partial charge is 0.356 e. The van der Waals surface area contributed by atoms with Crippen molar-refractivity contribution in [1.82, 2.24) is 9.29 Å². The van der Waals surface area contributed by atoms with Gasteiger partial charge in [-0.15, -0.1) is 11.3 Å². The molecule has 1 aromatic rings. The molecule has 1 N–H and O–H groups in total. The van der Waals surface area contributed by atoms with Crippen molar-refractivity contribution in [3.8, 4) is 6.07 Å². The summed E-state index contributed by atoms with van der Waals surface area (Å²) in [5.41, 5.74) is 0.670. The Kier molecular flexibility index (Phi) is 3.81. The topological polar surface area (TPSA) is 121 Å². The van der Waals surface area contributed by atoms with Crippen molar-refractivity contribution >= 4 is 27.3 Å². The van der Waals surface area contributed by atoms with E-state index in [1.807, 2.05) is 6.07 Å². The molecule has 0 aromatic carbocycles. The Balaban J connectivity index is 2.35. The second-order valence-electron chi connectivity index (χ2n) is 3.65. The Morgan fingerprint density at radius 2 is 2.42 bits per heavy atom. The fourth-order valence-electron chi connectivity index (χ4n) is 1.60. The van der Waals surface area contributed by atoms with Gasteiger partial charge < -0.3 is 9.84 Å². The summed E-state index contributed by atoms with van der Waals surface area (Å²) >= 11 is 0.742. The lowest BCUT2D eigenvalue weighted by Gasteiger charge is -2.28. The molecule has 10 heteroatoms. The van der Waals surface area contributed by atoms with E-state index in [1.165, 1.54) is 5.51 Å². The van der Waals surface area contributed by atoms with E-state index in [1.54, 1.807) is 0 Å². The molecule has 19 heavy (non-hydrogen) atoms. The molecule has 1 aliphatic heterocycles. The van der Waals surface area contributed by atoms with E-state index < -0.39 is 27.8 Å². The van der Waals surface area contributed by atoms with E-state index in [4.69, 9.17) is 15.1 Å². The van der Waals surface area contributed by atoms with Gasteiger partial charge in [-0.05, 0) is 0 Å². The molecular formula is C9H9N3O5S2. The molecule has 0 spiro atoms. The second kappa shape index (κ2) is 5.22. The van der Waals surface area contributed by atoms with Crippen LogP contribution in [0, 0.1) is 11.3 Å². The molecule has 8 nitrogen and oxygen atoms in total. The van der Waals surface area contributed by atoms with Gasteiger partial charge in [0, 0.05) is 6.54 Å².